The van der Waals surface area contributed by atoms with Crippen LogP contribution in [0.4, 0.5) is 0 Å². The Morgan fingerprint density at radius 1 is 1.22 bits per heavy atom. The summed E-state index contributed by atoms with van der Waals surface area (Å²) in [6.45, 7) is 10.8. The lowest BCUT2D eigenvalue weighted by Gasteiger charge is -2.16. The zero-order valence-corrected chi connectivity index (χ0v) is 12.2. The molecular weight excluding hydrogens is 222 g/mol. The van der Waals surface area contributed by atoms with E-state index in [0.717, 1.165) is 25.3 Å². The van der Waals surface area contributed by atoms with Crippen LogP contribution < -0.4 is 10.1 Å². The van der Waals surface area contributed by atoms with Crippen LogP contribution in [0, 0.1) is 0 Å². The molecule has 0 aromatic heterocycles. The largest absolute Gasteiger partial charge is 0.491 e. The molecule has 2 heteroatoms. The molecule has 0 saturated heterocycles. The van der Waals surface area contributed by atoms with Gasteiger partial charge in [-0.2, -0.15) is 0 Å². The van der Waals surface area contributed by atoms with Gasteiger partial charge in [-0.15, -0.1) is 0 Å². The zero-order chi connectivity index (χ0) is 13.4. The quantitative estimate of drug-likeness (QED) is 0.704. The third kappa shape index (κ3) is 5.54. The average Bonchev–Trinajstić information content (AvgIpc) is 2.35. The molecule has 1 unspecified atom stereocenters. The SMILES string of the molecule is CCNCCCC(C)Oc1cccc(C(C)C)c1. The predicted molar refractivity (Wildman–Crippen MR) is 78.4 cm³/mol. The van der Waals surface area contributed by atoms with E-state index in [1.54, 1.807) is 0 Å². The van der Waals surface area contributed by atoms with Crippen LogP contribution in [0.3, 0.4) is 0 Å². The van der Waals surface area contributed by atoms with Gasteiger partial charge in [-0.3, -0.25) is 0 Å². The van der Waals surface area contributed by atoms with Crippen LogP contribution in [0.1, 0.15) is 52.0 Å². The van der Waals surface area contributed by atoms with Crippen LogP contribution >= 0.6 is 0 Å². The molecule has 1 rings (SSSR count). The van der Waals surface area contributed by atoms with E-state index in [1.807, 2.05) is 6.07 Å². The number of benzene rings is 1. The Bertz CT molecular complexity index is 336. The second-order valence-electron chi connectivity index (χ2n) is 5.15. The molecule has 0 heterocycles. The standard InChI is InChI=1S/C16H27NO/c1-5-17-11-7-8-14(4)18-16-10-6-9-15(12-16)13(2)3/h6,9-10,12-14,17H,5,7-8,11H2,1-4H3. The van der Waals surface area contributed by atoms with Crippen molar-refractivity contribution in [3.63, 3.8) is 0 Å². The Morgan fingerprint density at radius 2 is 2.00 bits per heavy atom. The van der Waals surface area contributed by atoms with Crippen LogP contribution in [-0.2, 0) is 0 Å². The highest BCUT2D eigenvalue weighted by atomic mass is 16.5. The van der Waals surface area contributed by atoms with E-state index in [-0.39, 0.29) is 6.10 Å². The summed E-state index contributed by atoms with van der Waals surface area (Å²) in [6, 6.07) is 8.45. The molecule has 1 aromatic rings. The Labute approximate surface area is 112 Å². The molecule has 1 N–H and O–H groups in total. The molecule has 0 aliphatic heterocycles. The van der Waals surface area contributed by atoms with Crippen molar-refractivity contribution in [2.24, 2.45) is 0 Å². The van der Waals surface area contributed by atoms with Crippen LogP contribution in [0.2, 0.25) is 0 Å². The van der Waals surface area contributed by atoms with Gasteiger partial charge in [0, 0.05) is 0 Å². The van der Waals surface area contributed by atoms with E-state index in [0.29, 0.717) is 5.92 Å². The van der Waals surface area contributed by atoms with Gasteiger partial charge in [0.25, 0.3) is 0 Å². The second kappa shape index (κ2) is 8.15. The third-order valence-corrected chi connectivity index (χ3v) is 3.08. The molecule has 1 atom stereocenters. The van der Waals surface area contributed by atoms with E-state index >= 15 is 0 Å². The smallest absolute Gasteiger partial charge is 0.119 e. The maximum Gasteiger partial charge on any atom is 0.119 e. The zero-order valence-electron chi connectivity index (χ0n) is 12.2. The number of nitrogens with one attached hydrogen (secondary N) is 1. The van der Waals surface area contributed by atoms with Crippen molar-refractivity contribution in [2.45, 2.75) is 52.6 Å². The highest BCUT2D eigenvalue weighted by molar-refractivity contribution is 5.30. The first-order chi connectivity index (χ1) is 8.63. The molecule has 0 radical (unpaired) electrons. The van der Waals surface area contributed by atoms with Gasteiger partial charge < -0.3 is 10.1 Å². The van der Waals surface area contributed by atoms with Crippen molar-refractivity contribution in [2.75, 3.05) is 13.1 Å². The molecule has 0 aliphatic carbocycles. The minimum atomic E-state index is 0.283. The normalized spacial score (nSPS) is 12.7. The molecule has 0 aliphatic rings. The fourth-order valence-electron chi connectivity index (χ4n) is 1.93. The number of ether oxygens (including phenoxy) is 1. The van der Waals surface area contributed by atoms with Gasteiger partial charge >= 0.3 is 0 Å². The van der Waals surface area contributed by atoms with E-state index < -0.39 is 0 Å². The van der Waals surface area contributed by atoms with Gasteiger partial charge in [0.05, 0.1) is 6.10 Å². The topological polar surface area (TPSA) is 21.3 Å². The lowest BCUT2D eigenvalue weighted by atomic mass is 10.0. The summed E-state index contributed by atoms with van der Waals surface area (Å²) in [5.41, 5.74) is 1.34. The summed E-state index contributed by atoms with van der Waals surface area (Å²) >= 11 is 0. The number of hydrogen-bond donors (Lipinski definition) is 1. The summed E-state index contributed by atoms with van der Waals surface area (Å²) in [6.07, 6.45) is 2.55. The summed E-state index contributed by atoms with van der Waals surface area (Å²) in [7, 11) is 0. The number of hydrogen-bond acceptors (Lipinski definition) is 2. The molecule has 0 spiro atoms. The summed E-state index contributed by atoms with van der Waals surface area (Å²) in [4.78, 5) is 0. The van der Waals surface area contributed by atoms with Crippen molar-refractivity contribution in [1.29, 1.82) is 0 Å². The Kier molecular flexibility index (Phi) is 6.81. The summed E-state index contributed by atoms with van der Waals surface area (Å²) in [5.74, 6) is 1.55. The Hall–Kier alpha value is -1.02. The molecule has 18 heavy (non-hydrogen) atoms. The summed E-state index contributed by atoms with van der Waals surface area (Å²) < 4.78 is 5.96. The maximum atomic E-state index is 5.96. The van der Waals surface area contributed by atoms with Gasteiger partial charge in [0.2, 0.25) is 0 Å². The monoisotopic (exact) mass is 249 g/mol. The Balaban J connectivity index is 2.39. The van der Waals surface area contributed by atoms with Gasteiger partial charge in [0.15, 0.2) is 0 Å². The van der Waals surface area contributed by atoms with Crippen LogP contribution in [-0.4, -0.2) is 19.2 Å². The molecule has 0 amide bonds. The van der Waals surface area contributed by atoms with Crippen LogP contribution in [0.15, 0.2) is 24.3 Å². The van der Waals surface area contributed by atoms with E-state index in [9.17, 15) is 0 Å². The average molecular weight is 249 g/mol. The minimum absolute atomic E-state index is 0.283. The van der Waals surface area contributed by atoms with Gasteiger partial charge in [-0.25, -0.2) is 0 Å². The summed E-state index contributed by atoms with van der Waals surface area (Å²) in [5, 5.41) is 3.34. The molecule has 2 nitrogen and oxygen atoms in total. The van der Waals surface area contributed by atoms with Crippen molar-refractivity contribution in [3.8, 4) is 5.75 Å². The highest BCUT2D eigenvalue weighted by Gasteiger charge is 2.05. The predicted octanol–water partition coefficient (Wildman–Crippen LogP) is 3.97. The van der Waals surface area contributed by atoms with Crippen molar-refractivity contribution < 1.29 is 4.74 Å². The molecule has 0 bridgehead atoms. The molecule has 0 fully saturated rings. The van der Waals surface area contributed by atoms with Gasteiger partial charge in [0.1, 0.15) is 5.75 Å². The molecule has 0 saturated carbocycles. The van der Waals surface area contributed by atoms with Crippen LogP contribution in [0.25, 0.3) is 0 Å². The first kappa shape index (κ1) is 15.0. The van der Waals surface area contributed by atoms with Crippen LogP contribution in [0.5, 0.6) is 5.75 Å². The maximum absolute atomic E-state index is 5.96. The van der Waals surface area contributed by atoms with E-state index in [4.69, 9.17) is 4.74 Å². The van der Waals surface area contributed by atoms with Gasteiger partial charge in [-0.05, 0) is 56.5 Å². The molecule has 102 valence electrons. The lowest BCUT2D eigenvalue weighted by molar-refractivity contribution is 0.207. The van der Waals surface area contributed by atoms with Crippen molar-refractivity contribution in [1.82, 2.24) is 5.32 Å². The van der Waals surface area contributed by atoms with Crippen molar-refractivity contribution >= 4 is 0 Å². The van der Waals surface area contributed by atoms with Gasteiger partial charge in [-0.1, -0.05) is 32.9 Å². The second-order valence-corrected chi connectivity index (χ2v) is 5.15. The fraction of sp³-hybridized carbons (Fsp3) is 0.625. The minimum Gasteiger partial charge on any atom is -0.491 e. The van der Waals surface area contributed by atoms with E-state index in [1.165, 1.54) is 12.0 Å². The van der Waals surface area contributed by atoms with Crippen molar-refractivity contribution in [3.05, 3.63) is 29.8 Å². The third-order valence-electron chi connectivity index (χ3n) is 3.08. The first-order valence-electron chi connectivity index (χ1n) is 7.10. The fourth-order valence-corrected chi connectivity index (χ4v) is 1.93. The number of rotatable bonds is 8. The first-order valence-corrected chi connectivity index (χ1v) is 7.10. The lowest BCUT2D eigenvalue weighted by Crippen LogP contribution is -2.18. The molecule has 1 aromatic carbocycles. The highest BCUT2D eigenvalue weighted by Crippen LogP contribution is 2.21. The molecular formula is C16H27NO. The van der Waals surface area contributed by atoms with E-state index in [2.05, 4.69) is 51.2 Å². The Morgan fingerprint density at radius 3 is 2.67 bits per heavy atom.